The number of allylic oxidation sites excluding steroid dienone is 3. The van der Waals surface area contributed by atoms with E-state index in [-0.39, 0.29) is 18.9 Å². The molecule has 14 nitrogen and oxygen atoms in total. The van der Waals surface area contributed by atoms with Crippen molar-refractivity contribution in [2.45, 2.75) is 492 Å². The molecule has 586 valence electrons. The molecular formula is C85H163NO13. The number of rotatable bonds is 74. The first-order valence-electron chi connectivity index (χ1n) is 43.1. The molecule has 2 fully saturated rings. The second-order valence-corrected chi connectivity index (χ2v) is 30.7. The van der Waals surface area contributed by atoms with Gasteiger partial charge >= 0.3 is 0 Å². The Kier molecular flexibility index (Phi) is 65.7. The summed E-state index contributed by atoms with van der Waals surface area (Å²) in [6.45, 7) is 2.86. The summed E-state index contributed by atoms with van der Waals surface area (Å²) in [5.41, 5.74) is 0. The molecule has 14 heteroatoms. The monoisotopic (exact) mass is 1410 g/mol. The first-order chi connectivity index (χ1) is 48.6. The molecule has 12 unspecified atom stereocenters. The molecular weight excluding hydrogens is 1240 g/mol. The summed E-state index contributed by atoms with van der Waals surface area (Å²) in [5, 5.41) is 87.7. The SMILES string of the molecule is CCCCCCCCCCCCCCCCCCCCCCCCCC/C=C/CC/C=C/C(O)C(COC1OC(CO)C(OC2OC(CO)C(O)C(O)C2O)C(O)C1O)NC(=O)CCCCCCCCCCCCCCCCCCCCCCCCCCCCCCCCCCCCC. The number of ether oxygens (including phenoxy) is 4. The van der Waals surface area contributed by atoms with Gasteiger partial charge in [-0.05, 0) is 32.1 Å². The van der Waals surface area contributed by atoms with E-state index in [1.54, 1.807) is 6.08 Å². The van der Waals surface area contributed by atoms with Crippen molar-refractivity contribution in [3.05, 3.63) is 24.3 Å². The average Bonchev–Trinajstić information content (AvgIpc) is 0.799. The van der Waals surface area contributed by atoms with Gasteiger partial charge in [0.1, 0.15) is 48.8 Å². The van der Waals surface area contributed by atoms with Crippen LogP contribution in [0.1, 0.15) is 418 Å². The normalized spacial score (nSPS) is 22.0. The molecule has 0 radical (unpaired) electrons. The van der Waals surface area contributed by atoms with Crippen LogP contribution in [0, 0.1) is 0 Å². The fourth-order valence-corrected chi connectivity index (χ4v) is 14.6. The van der Waals surface area contributed by atoms with Crippen LogP contribution in [0.2, 0.25) is 0 Å². The van der Waals surface area contributed by atoms with Crippen LogP contribution >= 0.6 is 0 Å². The van der Waals surface area contributed by atoms with E-state index in [2.05, 4.69) is 31.3 Å². The molecule has 0 aromatic rings. The summed E-state index contributed by atoms with van der Waals surface area (Å²) in [6, 6.07) is -0.931. The molecule has 2 heterocycles. The third-order valence-corrected chi connectivity index (χ3v) is 21.4. The van der Waals surface area contributed by atoms with E-state index < -0.39 is 86.8 Å². The summed E-state index contributed by atoms with van der Waals surface area (Å²) in [7, 11) is 0. The number of carbonyl (C=O) groups is 1. The van der Waals surface area contributed by atoms with Gasteiger partial charge in [0, 0.05) is 6.42 Å². The highest BCUT2D eigenvalue weighted by atomic mass is 16.7. The van der Waals surface area contributed by atoms with E-state index in [0.29, 0.717) is 12.8 Å². The zero-order chi connectivity index (χ0) is 71.5. The van der Waals surface area contributed by atoms with Crippen LogP contribution in [-0.2, 0) is 23.7 Å². The van der Waals surface area contributed by atoms with Crippen LogP contribution in [0.3, 0.4) is 0 Å². The number of hydrogen-bond donors (Lipinski definition) is 9. The molecule has 0 spiro atoms. The van der Waals surface area contributed by atoms with Crippen LogP contribution in [0.5, 0.6) is 0 Å². The summed E-state index contributed by atoms with van der Waals surface area (Å²) >= 11 is 0. The standard InChI is InChI=1S/C85H163NO13/c1-3-5-7-9-11-13-15-17-19-21-23-25-27-29-31-33-35-36-37-38-39-41-43-45-47-49-51-53-55-57-59-61-63-65-67-69-77(90)86-73(72-96-84-82(95)80(93)83(76(71-88)98-84)99-85-81(94)79(92)78(91)75(70-87)97-85)74(89)68-66-64-62-60-58-56-54-52-50-48-46-44-42-40-34-32-30-28-26-24-22-20-18-16-14-12-10-8-6-4-2/h58,60,66,68,73-76,78-85,87-89,91-95H,3-57,59,61-65,67,69-72H2,1-2H3,(H,86,90)/b60-58+,68-66+. The fraction of sp³-hybridized carbons (Fsp3) is 0.941. The minimum atomic E-state index is -1.79. The van der Waals surface area contributed by atoms with Gasteiger partial charge in [0.2, 0.25) is 5.91 Å². The first-order valence-corrected chi connectivity index (χ1v) is 43.1. The molecule has 2 saturated heterocycles. The predicted octanol–water partition coefficient (Wildman–Crippen LogP) is 20.2. The van der Waals surface area contributed by atoms with Gasteiger partial charge in [-0.1, -0.05) is 404 Å². The van der Waals surface area contributed by atoms with Crippen molar-refractivity contribution in [1.29, 1.82) is 0 Å². The summed E-state index contributed by atoms with van der Waals surface area (Å²) in [4.78, 5) is 13.4. The Morgan fingerprint density at radius 1 is 0.354 bits per heavy atom. The second kappa shape index (κ2) is 69.5. The largest absolute Gasteiger partial charge is 0.394 e. The zero-order valence-electron chi connectivity index (χ0n) is 64.5. The Bertz CT molecular complexity index is 1760. The van der Waals surface area contributed by atoms with Crippen LogP contribution in [0.25, 0.3) is 0 Å². The van der Waals surface area contributed by atoms with Gasteiger partial charge in [0.15, 0.2) is 12.6 Å². The molecule has 2 rings (SSSR count). The van der Waals surface area contributed by atoms with E-state index in [1.807, 2.05) is 6.08 Å². The number of aliphatic hydroxyl groups is 8. The molecule has 12 atom stereocenters. The molecule has 2 aliphatic rings. The van der Waals surface area contributed by atoms with Gasteiger partial charge in [0.05, 0.1) is 32.0 Å². The highest BCUT2D eigenvalue weighted by Crippen LogP contribution is 2.31. The first kappa shape index (κ1) is 93.6. The quantitative estimate of drug-likeness (QED) is 0.0204. The lowest BCUT2D eigenvalue weighted by molar-refractivity contribution is -0.359. The maximum absolute atomic E-state index is 13.4. The van der Waals surface area contributed by atoms with Crippen molar-refractivity contribution < 1.29 is 64.6 Å². The summed E-state index contributed by atoms with van der Waals surface area (Å²) in [6.07, 6.45) is 74.4. The van der Waals surface area contributed by atoms with Crippen molar-refractivity contribution in [1.82, 2.24) is 5.32 Å². The van der Waals surface area contributed by atoms with Gasteiger partial charge in [-0.3, -0.25) is 4.79 Å². The molecule has 9 N–H and O–H groups in total. The van der Waals surface area contributed by atoms with Crippen molar-refractivity contribution in [3.8, 4) is 0 Å². The Labute approximate surface area is 609 Å². The lowest BCUT2D eigenvalue weighted by Gasteiger charge is -2.46. The maximum Gasteiger partial charge on any atom is 0.220 e. The summed E-state index contributed by atoms with van der Waals surface area (Å²) in [5.74, 6) is -0.239. The van der Waals surface area contributed by atoms with Gasteiger partial charge in [-0.15, -0.1) is 0 Å². The van der Waals surface area contributed by atoms with E-state index in [9.17, 15) is 45.6 Å². The molecule has 0 aliphatic carbocycles. The van der Waals surface area contributed by atoms with Crippen molar-refractivity contribution in [3.63, 3.8) is 0 Å². The third kappa shape index (κ3) is 52.2. The van der Waals surface area contributed by atoms with Crippen LogP contribution < -0.4 is 5.32 Å². The molecule has 99 heavy (non-hydrogen) atoms. The van der Waals surface area contributed by atoms with E-state index in [1.165, 1.54) is 353 Å². The van der Waals surface area contributed by atoms with Gasteiger partial charge in [0.25, 0.3) is 0 Å². The fourth-order valence-electron chi connectivity index (χ4n) is 14.6. The van der Waals surface area contributed by atoms with Crippen molar-refractivity contribution in [2.24, 2.45) is 0 Å². The van der Waals surface area contributed by atoms with Crippen LogP contribution in [0.15, 0.2) is 24.3 Å². The lowest BCUT2D eigenvalue weighted by Crippen LogP contribution is -2.65. The van der Waals surface area contributed by atoms with Gasteiger partial charge < -0.3 is 65.1 Å². The molecule has 0 aromatic carbocycles. The van der Waals surface area contributed by atoms with Gasteiger partial charge in [-0.25, -0.2) is 0 Å². The zero-order valence-corrected chi connectivity index (χ0v) is 64.5. The highest BCUT2D eigenvalue weighted by Gasteiger charge is 2.51. The maximum atomic E-state index is 13.4. The van der Waals surface area contributed by atoms with E-state index in [4.69, 9.17) is 18.9 Å². The topological polar surface area (TPSA) is 228 Å². The van der Waals surface area contributed by atoms with Crippen LogP contribution in [0.4, 0.5) is 0 Å². The number of amides is 1. The van der Waals surface area contributed by atoms with Crippen molar-refractivity contribution >= 4 is 5.91 Å². The summed E-state index contributed by atoms with van der Waals surface area (Å²) < 4.78 is 22.9. The molecule has 0 saturated carbocycles. The minimum absolute atomic E-state index is 0.239. The molecule has 0 bridgehead atoms. The lowest BCUT2D eigenvalue weighted by atomic mass is 9.97. The highest BCUT2D eigenvalue weighted by molar-refractivity contribution is 5.76. The van der Waals surface area contributed by atoms with E-state index in [0.717, 1.165) is 32.1 Å². The molecule has 2 aliphatic heterocycles. The number of hydrogen-bond acceptors (Lipinski definition) is 13. The van der Waals surface area contributed by atoms with Crippen LogP contribution in [-0.4, -0.2) is 140 Å². The Morgan fingerprint density at radius 2 is 0.646 bits per heavy atom. The minimum Gasteiger partial charge on any atom is -0.394 e. The number of unbranched alkanes of at least 4 members (excludes halogenated alkanes) is 59. The Balaban J connectivity index is 1.59. The number of carbonyl (C=O) groups excluding carboxylic acids is 1. The number of nitrogens with one attached hydrogen (secondary N) is 1. The third-order valence-electron chi connectivity index (χ3n) is 21.4. The average molecular weight is 1410 g/mol. The van der Waals surface area contributed by atoms with Gasteiger partial charge in [-0.2, -0.15) is 0 Å². The van der Waals surface area contributed by atoms with E-state index >= 15 is 0 Å². The smallest absolute Gasteiger partial charge is 0.220 e. The Morgan fingerprint density at radius 3 is 0.990 bits per heavy atom. The number of aliphatic hydroxyl groups excluding tert-OH is 8. The molecule has 1 amide bonds. The second-order valence-electron chi connectivity index (χ2n) is 30.7. The predicted molar refractivity (Wildman–Crippen MR) is 411 cm³/mol. The van der Waals surface area contributed by atoms with Crippen molar-refractivity contribution in [2.75, 3.05) is 19.8 Å². The molecule has 0 aromatic heterocycles. The Hall–Kier alpha value is -1.53.